The minimum atomic E-state index is -0.124. The predicted octanol–water partition coefficient (Wildman–Crippen LogP) is 2.22. The molecular formula is C14H22N4O. The van der Waals surface area contributed by atoms with E-state index in [0.717, 1.165) is 13.1 Å². The van der Waals surface area contributed by atoms with E-state index in [4.69, 9.17) is 0 Å². The Kier molecular flexibility index (Phi) is 5.12. The summed E-state index contributed by atoms with van der Waals surface area (Å²) in [5, 5.41) is 13.9. The molecule has 1 aromatic heterocycles. The van der Waals surface area contributed by atoms with Gasteiger partial charge in [0.25, 0.3) is 5.91 Å². The average Bonchev–Trinajstić information content (AvgIpc) is 2.47. The molecule has 5 heteroatoms. The van der Waals surface area contributed by atoms with Crippen LogP contribution < -0.4 is 10.6 Å². The first-order valence-corrected chi connectivity index (χ1v) is 7.15. The molecule has 0 aromatic carbocycles. The molecule has 2 rings (SSSR count). The fourth-order valence-electron chi connectivity index (χ4n) is 2.45. The second kappa shape index (κ2) is 7.07. The summed E-state index contributed by atoms with van der Waals surface area (Å²) in [4.78, 5) is 11.9. The SMILES string of the molecule is CCNc1ccc(C(=O)NCC2CCCCC2)nn1. The molecule has 0 atom stereocenters. The molecule has 0 spiro atoms. The van der Waals surface area contributed by atoms with Gasteiger partial charge in [-0.3, -0.25) is 4.79 Å². The lowest BCUT2D eigenvalue weighted by atomic mass is 9.89. The molecule has 1 amide bonds. The van der Waals surface area contributed by atoms with Crippen molar-refractivity contribution < 1.29 is 4.79 Å². The molecule has 1 heterocycles. The molecular weight excluding hydrogens is 240 g/mol. The molecule has 1 aromatic rings. The Hall–Kier alpha value is -1.65. The van der Waals surface area contributed by atoms with E-state index >= 15 is 0 Å². The van der Waals surface area contributed by atoms with Gasteiger partial charge in [0.15, 0.2) is 5.69 Å². The van der Waals surface area contributed by atoms with E-state index in [1.807, 2.05) is 6.92 Å². The molecule has 1 aliphatic rings. The minimum absolute atomic E-state index is 0.124. The lowest BCUT2D eigenvalue weighted by Gasteiger charge is -2.21. The molecule has 19 heavy (non-hydrogen) atoms. The van der Waals surface area contributed by atoms with Crippen LogP contribution in [-0.2, 0) is 0 Å². The molecule has 0 bridgehead atoms. The van der Waals surface area contributed by atoms with Crippen molar-refractivity contribution in [1.82, 2.24) is 15.5 Å². The Morgan fingerprint density at radius 1 is 1.26 bits per heavy atom. The minimum Gasteiger partial charge on any atom is -0.369 e. The van der Waals surface area contributed by atoms with Crippen molar-refractivity contribution >= 4 is 11.7 Å². The van der Waals surface area contributed by atoms with Crippen LogP contribution in [0, 0.1) is 5.92 Å². The first kappa shape index (κ1) is 13.8. The Morgan fingerprint density at radius 2 is 2.05 bits per heavy atom. The number of nitrogens with zero attached hydrogens (tertiary/aromatic N) is 2. The number of rotatable bonds is 5. The summed E-state index contributed by atoms with van der Waals surface area (Å²) in [5.74, 6) is 1.21. The monoisotopic (exact) mass is 262 g/mol. The highest BCUT2D eigenvalue weighted by atomic mass is 16.1. The van der Waals surface area contributed by atoms with Crippen LogP contribution in [0.4, 0.5) is 5.82 Å². The van der Waals surface area contributed by atoms with Crippen molar-refractivity contribution in [3.63, 3.8) is 0 Å². The Labute approximate surface area is 114 Å². The summed E-state index contributed by atoms with van der Waals surface area (Å²) in [5.41, 5.74) is 0.387. The molecule has 1 aliphatic carbocycles. The molecule has 0 saturated heterocycles. The average molecular weight is 262 g/mol. The quantitative estimate of drug-likeness (QED) is 0.854. The summed E-state index contributed by atoms with van der Waals surface area (Å²) in [6.45, 7) is 3.55. The van der Waals surface area contributed by atoms with Crippen molar-refractivity contribution in [3.05, 3.63) is 17.8 Å². The summed E-state index contributed by atoms with van der Waals surface area (Å²) in [6, 6.07) is 3.49. The van der Waals surface area contributed by atoms with Gasteiger partial charge in [-0.1, -0.05) is 19.3 Å². The second-order valence-corrected chi connectivity index (χ2v) is 5.05. The Bertz CT molecular complexity index is 398. The van der Waals surface area contributed by atoms with Crippen LogP contribution in [0.15, 0.2) is 12.1 Å². The van der Waals surface area contributed by atoms with Crippen molar-refractivity contribution in [2.45, 2.75) is 39.0 Å². The summed E-state index contributed by atoms with van der Waals surface area (Å²) >= 11 is 0. The van der Waals surface area contributed by atoms with Crippen LogP contribution in [0.3, 0.4) is 0 Å². The van der Waals surface area contributed by atoms with Crippen LogP contribution >= 0.6 is 0 Å². The van der Waals surface area contributed by atoms with Gasteiger partial charge in [-0.05, 0) is 37.8 Å². The smallest absolute Gasteiger partial charge is 0.271 e. The van der Waals surface area contributed by atoms with Crippen LogP contribution in [0.1, 0.15) is 49.5 Å². The first-order chi connectivity index (χ1) is 9.29. The topological polar surface area (TPSA) is 66.9 Å². The fraction of sp³-hybridized carbons (Fsp3) is 0.643. The van der Waals surface area contributed by atoms with Crippen LogP contribution in [-0.4, -0.2) is 29.2 Å². The molecule has 2 N–H and O–H groups in total. The molecule has 104 valence electrons. The van der Waals surface area contributed by atoms with Crippen LogP contribution in [0.2, 0.25) is 0 Å². The third-order valence-electron chi connectivity index (χ3n) is 3.53. The molecule has 0 radical (unpaired) electrons. The molecule has 5 nitrogen and oxygen atoms in total. The lowest BCUT2D eigenvalue weighted by Crippen LogP contribution is -2.31. The number of anilines is 1. The van der Waals surface area contributed by atoms with E-state index in [1.54, 1.807) is 12.1 Å². The van der Waals surface area contributed by atoms with E-state index < -0.39 is 0 Å². The second-order valence-electron chi connectivity index (χ2n) is 5.05. The number of hydrogen-bond acceptors (Lipinski definition) is 4. The molecule has 1 saturated carbocycles. The van der Waals surface area contributed by atoms with Gasteiger partial charge in [0.2, 0.25) is 0 Å². The van der Waals surface area contributed by atoms with E-state index in [-0.39, 0.29) is 5.91 Å². The van der Waals surface area contributed by atoms with E-state index in [1.165, 1.54) is 32.1 Å². The predicted molar refractivity (Wildman–Crippen MR) is 75.1 cm³/mol. The zero-order valence-corrected chi connectivity index (χ0v) is 11.5. The maximum atomic E-state index is 11.9. The van der Waals surface area contributed by atoms with Gasteiger partial charge >= 0.3 is 0 Å². The molecule has 0 unspecified atom stereocenters. The summed E-state index contributed by atoms with van der Waals surface area (Å²) in [6.07, 6.45) is 6.37. The van der Waals surface area contributed by atoms with Crippen molar-refractivity contribution in [1.29, 1.82) is 0 Å². The number of hydrogen-bond donors (Lipinski definition) is 2. The highest BCUT2D eigenvalue weighted by molar-refractivity contribution is 5.92. The zero-order valence-electron chi connectivity index (χ0n) is 11.5. The number of amides is 1. The van der Waals surface area contributed by atoms with Gasteiger partial charge in [-0.15, -0.1) is 10.2 Å². The number of aromatic nitrogens is 2. The van der Waals surface area contributed by atoms with Gasteiger partial charge in [-0.2, -0.15) is 0 Å². The Balaban J connectivity index is 1.81. The fourth-order valence-corrected chi connectivity index (χ4v) is 2.45. The number of carbonyl (C=O) groups excluding carboxylic acids is 1. The summed E-state index contributed by atoms with van der Waals surface area (Å²) in [7, 11) is 0. The maximum absolute atomic E-state index is 11.9. The van der Waals surface area contributed by atoms with Crippen molar-refractivity contribution in [2.24, 2.45) is 5.92 Å². The highest BCUT2D eigenvalue weighted by Gasteiger charge is 2.15. The number of carbonyl (C=O) groups is 1. The Morgan fingerprint density at radius 3 is 2.68 bits per heavy atom. The maximum Gasteiger partial charge on any atom is 0.271 e. The van der Waals surface area contributed by atoms with E-state index in [0.29, 0.717) is 17.4 Å². The van der Waals surface area contributed by atoms with Crippen LogP contribution in [0.5, 0.6) is 0 Å². The standard InChI is InChI=1S/C14H22N4O/c1-2-15-13-9-8-12(17-18-13)14(19)16-10-11-6-4-3-5-7-11/h8-9,11H,2-7,10H2,1H3,(H,15,18)(H,16,19). The van der Waals surface area contributed by atoms with Crippen LogP contribution in [0.25, 0.3) is 0 Å². The van der Waals surface area contributed by atoms with Gasteiger partial charge in [0.05, 0.1) is 0 Å². The highest BCUT2D eigenvalue weighted by Crippen LogP contribution is 2.22. The van der Waals surface area contributed by atoms with Gasteiger partial charge in [0.1, 0.15) is 5.82 Å². The third kappa shape index (κ3) is 4.19. The number of nitrogens with one attached hydrogen (secondary N) is 2. The molecule has 1 fully saturated rings. The summed E-state index contributed by atoms with van der Waals surface area (Å²) < 4.78 is 0. The van der Waals surface area contributed by atoms with Gasteiger partial charge in [0, 0.05) is 13.1 Å². The largest absolute Gasteiger partial charge is 0.369 e. The van der Waals surface area contributed by atoms with Gasteiger partial charge in [-0.25, -0.2) is 0 Å². The van der Waals surface area contributed by atoms with Gasteiger partial charge < -0.3 is 10.6 Å². The van der Waals surface area contributed by atoms with E-state index in [2.05, 4.69) is 20.8 Å². The van der Waals surface area contributed by atoms with E-state index in [9.17, 15) is 4.79 Å². The lowest BCUT2D eigenvalue weighted by molar-refractivity contribution is 0.0937. The normalized spacial score (nSPS) is 16.1. The van der Waals surface area contributed by atoms with Crippen molar-refractivity contribution in [2.75, 3.05) is 18.4 Å². The van der Waals surface area contributed by atoms with Crippen molar-refractivity contribution in [3.8, 4) is 0 Å². The first-order valence-electron chi connectivity index (χ1n) is 7.15. The molecule has 0 aliphatic heterocycles. The zero-order chi connectivity index (χ0) is 13.5. The third-order valence-corrected chi connectivity index (χ3v) is 3.53.